The number of hydrogen-bond acceptors (Lipinski definition) is 7. The van der Waals surface area contributed by atoms with Crippen LogP contribution in [0.3, 0.4) is 0 Å². The second kappa shape index (κ2) is 10.1. The highest BCUT2D eigenvalue weighted by Gasteiger charge is 2.73. The Bertz CT molecular complexity index is 1300. The summed E-state index contributed by atoms with van der Waals surface area (Å²) in [5, 5.41) is 32.3. The Hall–Kier alpha value is -3.00. The van der Waals surface area contributed by atoms with E-state index in [1.54, 1.807) is 13.0 Å². The van der Waals surface area contributed by atoms with Crippen LogP contribution >= 0.6 is 0 Å². The Morgan fingerprint density at radius 2 is 1.93 bits per heavy atom. The zero-order valence-corrected chi connectivity index (χ0v) is 22.4. The molecular weight excluding hydrogens is 525 g/mol. The lowest BCUT2D eigenvalue weighted by Gasteiger charge is -2.62. The maximum Gasteiger partial charge on any atom is 0.310 e. The molecule has 0 spiro atoms. The fourth-order valence-electron chi connectivity index (χ4n) is 8.36. The number of nitrogens with zero attached hydrogens (tertiary/aromatic N) is 2. The van der Waals surface area contributed by atoms with Crippen molar-refractivity contribution in [3.63, 3.8) is 0 Å². The maximum absolute atomic E-state index is 17.4. The van der Waals surface area contributed by atoms with Crippen LogP contribution in [0.1, 0.15) is 38.7 Å². The predicted octanol–water partition coefficient (Wildman–Crippen LogP) is 4.24. The topological polar surface area (TPSA) is 111 Å². The van der Waals surface area contributed by atoms with Gasteiger partial charge < -0.3 is 15.1 Å². The Labute approximate surface area is 230 Å². The van der Waals surface area contributed by atoms with E-state index in [9.17, 15) is 24.3 Å². The second-order valence-electron chi connectivity index (χ2n) is 12.2. The van der Waals surface area contributed by atoms with Crippen LogP contribution in [0, 0.1) is 51.6 Å². The van der Waals surface area contributed by atoms with Crippen molar-refractivity contribution in [1.82, 2.24) is 5.06 Å². The molecule has 1 aromatic carbocycles. The van der Waals surface area contributed by atoms with Crippen LogP contribution in [-0.4, -0.2) is 58.2 Å². The Morgan fingerprint density at radius 3 is 2.60 bits per heavy atom. The number of allylic oxidation sites excluding steroid dienone is 4. The number of ether oxygens (including phenoxy) is 1. The number of aliphatic hydroxyl groups is 1. The molecule has 4 aliphatic carbocycles. The number of benzene rings is 1. The van der Waals surface area contributed by atoms with E-state index in [-0.39, 0.29) is 37.9 Å². The molecule has 40 heavy (non-hydrogen) atoms. The highest BCUT2D eigenvalue weighted by Crippen LogP contribution is 2.70. The van der Waals surface area contributed by atoms with Crippen LogP contribution < -0.4 is 0 Å². The number of ketones is 1. The molecule has 0 bridgehead atoms. The summed E-state index contributed by atoms with van der Waals surface area (Å²) in [6, 6.07) is 7.36. The number of carbonyl (C=O) groups is 2. The monoisotopic (exact) mass is 558 g/mol. The van der Waals surface area contributed by atoms with E-state index in [2.05, 4.69) is 0 Å². The fourth-order valence-corrected chi connectivity index (χ4v) is 8.36. The summed E-state index contributed by atoms with van der Waals surface area (Å²) < 4.78 is 51.6. The van der Waals surface area contributed by atoms with Gasteiger partial charge in [0.15, 0.2) is 18.1 Å². The second-order valence-corrected chi connectivity index (χ2v) is 12.2. The molecule has 2 N–H and O–H groups in total. The van der Waals surface area contributed by atoms with Gasteiger partial charge in [-0.15, -0.1) is 0 Å². The molecule has 4 aliphatic rings. The lowest BCUT2D eigenvalue weighted by Crippen LogP contribution is -2.68. The van der Waals surface area contributed by atoms with Crippen molar-refractivity contribution in [2.75, 3.05) is 13.2 Å². The lowest BCUT2D eigenvalue weighted by molar-refractivity contribution is -0.205. The highest BCUT2D eigenvalue weighted by molar-refractivity contribution is 6.01. The number of fused-ring (bicyclic) bond motifs is 5. The third-order valence-electron chi connectivity index (χ3n) is 10.1. The van der Waals surface area contributed by atoms with Gasteiger partial charge in [-0.1, -0.05) is 25.1 Å². The quantitative estimate of drug-likeness (QED) is 0.397. The molecule has 214 valence electrons. The van der Waals surface area contributed by atoms with E-state index in [0.717, 1.165) is 11.1 Å². The van der Waals surface area contributed by atoms with Crippen LogP contribution in [-0.2, 0) is 20.9 Å². The number of hydroxylamine groups is 2. The number of carbonyl (C=O) groups excluding carboxylic acids is 2. The van der Waals surface area contributed by atoms with Gasteiger partial charge in [0.05, 0.1) is 12.0 Å². The molecule has 9 atom stereocenters. The zero-order chi connectivity index (χ0) is 29.0. The first kappa shape index (κ1) is 28.5. The minimum absolute atomic E-state index is 0.0155. The van der Waals surface area contributed by atoms with E-state index in [1.807, 2.05) is 0 Å². The molecular formula is C30H33F3N2O5. The van der Waals surface area contributed by atoms with Crippen molar-refractivity contribution in [2.45, 2.75) is 57.6 Å². The molecule has 7 nitrogen and oxygen atoms in total. The van der Waals surface area contributed by atoms with Crippen molar-refractivity contribution >= 4 is 11.8 Å². The van der Waals surface area contributed by atoms with E-state index in [4.69, 9.17) is 10.00 Å². The predicted molar refractivity (Wildman–Crippen MR) is 136 cm³/mol. The van der Waals surface area contributed by atoms with Gasteiger partial charge >= 0.3 is 5.97 Å². The summed E-state index contributed by atoms with van der Waals surface area (Å²) in [7, 11) is 0. The van der Waals surface area contributed by atoms with Crippen LogP contribution in [0.25, 0.3) is 0 Å². The number of aliphatic hydroxyl groups excluding tert-OH is 1. The number of alkyl halides is 2. The molecule has 3 fully saturated rings. The molecule has 0 saturated heterocycles. The van der Waals surface area contributed by atoms with E-state index in [0.29, 0.717) is 5.56 Å². The molecule has 1 aromatic rings. The van der Waals surface area contributed by atoms with Crippen LogP contribution in [0.2, 0.25) is 0 Å². The van der Waals surface area contributed by atoms with Crippen LogP contribution in [0.15, 0.2) is 48.1 Å². The number of esters is 1. The van der Waals surface area contributed by atoms with Gasteiger partial charge in [-0.25, -0.2) is 13.2 Å². The largest absolute Gasteiger partial charge is 0.450 e. The van der Waals surface area contributed by atoms with E-state index in [1.165, 1.54) is 43.3 Å². The summed E-state index contributed by atoms with van der Waals surface area (Å²) in [6.07, 6.45) is 0.362. The fraction of sp³-hybridized carbons (Fsp3) is 0.567. The first-order valence-corrected chi connectivity index (χ1v) is 13.5. The number of rotatable bonds is 6. The number of nitriles is 1. The maximum atomic E-state index is 17.4. The number of halogens is 3. The van der Waals surface area contributed by atoms with Gasteiger partial charge in [-0.05, 0) is 78.9 Å². The highest BCUT2D eigenvalue weighted by atomic mass is 19.1. The van der Waals surface area contributed by atoms with Gasteiger partial charge in [0.25, 0.3) is 0 Å². The van der Waals surface area contributed by atoms with E-state index >= 15 is 8.78 Å². The molecule has 3 saturated carbocycles. The minimum atomic E-state index is -2.30. The first-order valence-electron chi connectivity index (χ1n) is 13.5. The molecule has 0 radical (unpaired) electrons. The smallest absolute Gasteiger partial charge is 0.310 e. The van der Waals surface area contributed by atoms with Crippen molar-refractivity contribution in [3.05, 3.63) is 59.4 Å². The summed E-state index contributed by atoms with van der Waals surface area (Å²) in [5.74, 6) is -4.56. The normalized spacial score (nSPS) is 40.1. The SMILES string of the molecule is C[C@]12C[C@H](O)[C@@]3(F)[C@@H](C[C@H](F)C4=CC(=O)C=C[C@@]43C)C1C[C@@H](CN(O)Cc1ccc(F)cc1)[C@@H]2C(=O)OCC#N. The molecule has 0 aliphatic heterocycles. The van der Waals surface area contributed by atoms with Gasteiger partial charge in [0.2, 0.25) is 0 Å². The Kier molecular flexibility index (Phi) is 7.22. The lowest BCUT2D eigenvalue weighted by atomic mass is 9.45. The van der Waals surface area contributed by atoms with Crippen LogP contribution in [0.5, 0.6) is 0 Å². The van der Waals surface area contributed by atoms with Crippen molar-refractivity contribution in [1.29, 1.82) is 5.26 Å². The summed E-state index contributed by atoms with van der Waals surface area (Å²) in [5.41, 5.74) is -4.22. The zero-order valence-electron chi connectivity index (χ0n) is 22.4. The van der Waals surface area contributed by atoms with Gasteiger partial charge in [0, 0.05) is 24.4 Å². The molecule has 1 unspecified atom stereocenters. The average molecular weight is 559 g/mol. The summed E-state index contributed by atoms with van der Waals surface area (Å²) in [4.78, 5) is 25.4. The van der Waals surface area contributed by atoms with Crippen molar-refractivity contribution in [2.24, 2.45) is 34.5 Å². The summed E-state index contributed by atoms with van der Waals surface area (Å²) in [6.45, 7) is 2.80. The third kappa shape index (κ3) is 4.30. The summed E-state index contributed by atoms with van der Waals surface area (Å²) >= 11 is 0. The van der Waals surface area contributed by atoms with Crippen LogP contribution in [0.4, 0.5) is 13.2 Å². The van der Waals surface area contributed by atoms with E-state index < -0.39 is 76.6 Å². The van der Waals surface area contributed by atoms with Gasteiger partial charge in [0.1, 0.15) is 18.1 Å². The minimum Gasteiger partial charge on any atom is -0.450 e. The standard InChI is InChI=1S/C30H33F3N2O5/c1-28-14-25(37)30(33)22(13-24(32)23-12-20(36)7-8-29(23,30)2)21(28)11-18(26(28)27(38)40-10-9-34)16-35(39)15-17-3-5-19(31)6-4-17/h3-8,12,18,21-22,24-26,37,39H,10-11,13-16H2,1-2H3/t18-,21?,22-,24-,25-,26+,28-,29-,30-/m0/s1. The molecule has 0 aromatic heterocycles. The van der Waals surface area contributed by atoms with Crippen molar-refractivity contribution in [3.8, 4) is 6.07 Å². The third-order valence-corrected chi connectivity index (χ3v) is 10.1. The average Bonchev–Trinajstić information content (AvgIpc) is 3.18. The number of hydrogen-bond donors (Lipinski definition) is 2. The molecule has 10 heteroatoms. The first-order chi connectivity index (χ1) is 18.8. The van der Waals surface area contributed by atoms with Gasteiger partial charge in [-0.3, -0.25) is 9.59 Å². The van der Waals surface area contributed by atoms with Crippen molar-refractivity contribution < 1.29 is 37.8 Å². The molecule has 0 heterocycles. The molecule has 0 amide bonds. The Balaban J connectivity index is 1.50. The Morgan fingerprint density at radius 1 is 1.23 bits per heavy atom. The van der Waals surface area contributed by atoms with Gasteiger partial charge in [-0.2, -0.15) is 10.3 Å². The molecule has 5 rings (SSSR count).